The number of nitrogens with zero attached hydrogens (tertiary/aromatic N) is 3. The van der Waals surface area contributed by atoms with E-state index in [2.05, 4.69) is 9.97 Å². The zero-order chi connectivity index (χ0) is 15.9. The molecule has 1 aromatic heterocycles. The number of carboxylic acid groups (broad SMARTS) is 1. The zero-order valence-electron chi connectivity index (χ0n) is 11.8. The quantitative estimate of drug-likeness (QED) is 0.865. The largest absolute Gasteiger partial charge is 0.481 e. The Hall–Kier alpha value is -1.85. The second kappa shape index (κ2) is 5.41. The molecule has 0 spiro atoms. The first-order valence-electron chi connectivity index (χ1n) is 6.67. The van der Waals surface area contributed by atoms with Gasteiger partial charge in [0, 0.05) is 17.6 Å². The number of hydrogen-bond donors (Lipinski definition) is 1. The Morgan fingerprint density at radius 2 is 2.14 bits per heavy atom. The van der Waals surface area contributed by atoms with Gasteiger partial charge in [-0.05, 0) is 23.2 Å². The van der Waals surface area contributed by atoms with E-state index in [0.29, 0.717) is 17.4 Å². The highest BCUT2D eigenvalue weighted by Gasteiger charge is 2.41. The zero-order valence-corrected chi connectivity index (χ0v) is 13.3. The van der Waals surface area contributed by atoms with E-state index in [1.165, 1.54) is 6.20 Å². The molecule has 1 atom stereocenters. The Morgan fingerprint density at radius 3 is 2.86 bits per heavy atom. The van der Waals surface area contributed by atoms with Crippen molar-refractivity contribution < 1.29 is 9.90 Å². The number of hydrogen-bond acceptors (Lipinski definition) is 4. The number of aromatic nitrogens is 2. The molecule has 1 unspecified atom stereocenters. The van der Waals surface area contributed by atoms with Gasteiger partial charge in [0.1, 0.15) is 5.02 Å². The molecule has 3 rings (SSSR count). The Labute approximate surface area is 137 Å². The summed E-state index contributed by atoms with van der Waals surface area (Å²) in [5, 5.41) is 9.70. The molecule has 0 aliphatic carbocycles. The SMILES string of the molecule is CC1(CC(=O)O)CN(c2nc(Cl)ncc2Cl)c2ccccc21. The van der Waals surface area contributed by atoms with E-state index in [1.54, 1.807) is 0 Å². The van der Waals surface area contributed by atoms with Gasteiger partial charge >= 0.3 is 5.97 Å². The summed E-state index contributed by atoms with van der Waals surface area (Å²) in [5.41, 5.74) is 1.33. The Balaban J connectivity index is 2.12. The number of carbonyl (C=O) groups is 1. The molecule has 1 N–H and O–H groups in total. The normalized spacial score (nSPS) is 20.0. The minimum absolute atomic E-state index is 0.0248. The maximum atomic E-state index is 11.2. The summed E-state index contributed by atoms with van der Waals surface area (Å²) in [6.07, 6.45) is 1.47. The van der Waals surface area contributed by atoms with Crippen molar-refractivity contribution in [2.45, 2.75) is 18.8 Å². The minimum atomic E-state index is -0.842. The lowest BCUT2D eigenvalue weighted by atomic mass is 9.81. The lowest BCUT2D eigenvalue weighted by Gasteiger charge is -2.24. The van der Waals surface area contributed by atoms with Crippen LogP contribution in [-0.2, 0) is 10.2 Å². The fourth-order valence-corrected chi connectivity index (χ4v) is 3.26. The molecular weight excluding hydrogens is 325 g/mol. The smallest absolute Gasteiger partial charge is 0.304 e. The van der Waals surface area contributed by atoms with E-state index in [-0.39, 0.29) is 11.7 Å². The maximum absolute atomic E-state index is 11.2. The molecule has 0 radical (unpaired) electrons. The van der Waals surface area contributed by atoms with Crippen molar-refractivity contribution in [2.75, 3.05) is 11.4 Å². The van der Waals surface area contributed by atoms with Crippen LogP contribution in [0.15, 0.2) is 30.5 Å². The monoisotopic (exact) mass is 337 g/mol. The second-order valence-electron chi connectivity index (χ2n) is 5.55. The summed E-state index contributed by atoms with van der Waals surface area (Å²) in [6.45, 7) is 2.39. The summed E-state index contributed by atoms with van der Waals surface area (Å²) in [5.74, 6) is -0.353. The van der Waals surface area contributed by atoms with Crippen LogP contribution in [0.1, 0.15) is 18.9 Å². The number of aliphatic carboxylic acids is 1. The fourth-order valence-electron chi connectivity index (χ4n) is 2.94. The molecule has 2 aromatic rings. The number of benzene rings is 1. The predicted molar refractivity (Wildman–Crippen MR) is 85.1 cm³/mol. The lowest BCUT2D eigenvalue weighted by molar-refractivity contribution is -0.138. The highest BCUT2D eigenvalue weighted by molar-refractivity contribution is 6.33. The Morgan fingerprint density at radius 1 is 1.41 bits per heavy atom. The van der Waals surface area contributed by atoms with Gasteiger partial charge in [-0.2, -0.15) is 4.98 Å². The van der Waals surface area contributed by atoms with Crippen molar-refractivity contribution in [1.82, 2.24) is 9.97 Å². The molecule has 1 aliphatic rings. The number of anilines is 2. The molecule has 22 heavy (non-hydrogen) atoms. The first-order valence-corrected chi connectivity index (χ1v) is 7.43. The topological polar surface area (TPSA) is 66.3 Å². The van der Waals surface area contributed by atoms with Crippen LogP contribution in [0.4, 0.5) is 11.5 Å². The van der Waals surface area contributed by atoms with E-state index in [1.807, 2.05) is 36.1 Å². The van der Waals surface area contributed by atoms with Gasteiger partial charge in [0.25, 0.3) is 0 Å². The van der Waals surface area contributed by atoms with Crippen LogP contribution >= 0.6 is 23.2 Å². The summed E-state index contributed by atoms with van der Waals surface area (Å²) in [6, 6.07) is 7.66. The Bertz CT molecular complexity index is 753. The average molecular weight is 338 g/mol. The van der Waals surface area contributed by atoms with Gasteiger partial charge in [-0.15, -0.1) is 0 Å². The molecule has 114 valence electrons. The number of carboxylic acids is 1. The van der Waals surface area contributed by atoms with Gasteiger partial charge < -0.3 is 10.0 Å². The fraction of sp³-hybridized carbons (Fsp3) is 0.267. The van der Waals surface area contributed by atoms with Gasteiger partial charge in [0.2, 0.25) is 5.28 Å². The number of fused-ring (bicyclic) bond motifs is 1. The van der Waals surface area contributed by atoms with Gasteiger partial charge in [0.15, 0.2) is 5.82 Å². The predicted octanol–water partition coefficient (Wildman–Crippen LogP) is 3.67. The van der Waals surface area contributed by atoms with Crippen LogP contribution in [0.5, 0.6) is 0 Å². The first-order chi connectivity index (χ1) is 10.4. The van der Waals surface area contributed by atoms with Crippen molar-refractivity contribution in [1.29, 1.82) is 0 Å². The van der Waals surface area contributed by atoms with E-state index in [4.69, 9.17) is 23.2 Å². The first kappa shape index (κ1) is 15.1. The van der Waals surface area contributed by atoms with Crippen molar-refractivity contribution in [3.05, 3.63) is 46.3 Å². The molecule has 0 bridgehead atoms. The van der Waals surface area contributed by atoms with Crippen LogP contribution in [0, 0.1) is 0 Å². The molecule has 0 saturated carbocycles. The molecular formula is C15H13Cl2N3O2. The molecule has 5 nitrogen and oxygen atoms in total. The summed E-state index contributed by atoms with van der Waals surface area (Å²) in [7, 11) is 0. The number of para-hydroxylation sites is 1. The van der Waals surface area contributed by atoms with Crippen molar-refractivity contribution in [3.8, 4) is 0 Å². The highest BCUT2D eigenvalue weighted by atomic mass is 35.5. The van der Waals surface area contributed by atoms with Crippen LogP contribution in [0.3, 0.4) is 0 Å². The third kappa shape index (κ3) is 2.51. The molecule has 0 amide bonds. The van der Waals surface area contributed by atoms with Gasteiger partial charge in [0.05, 0.1) is 12.6 Å². The standard InChI is InChI=1S/C15H13Cl2N3O2/c1-15(6-12(21)22)8-20(11-5-3-2-4-9(11)15)13-10(16)7-18-14(17)19-13/h2-5,7H,6,8H2,1H3,(H,21,22). The average Bonchev–Trinajstić information content (AvgIpc) is 2.74. The third-order valence-electron chi connectivity index (χ3n) is 3.85. The van der Waals surface area contributed by atoms with Crippen molar-refractivity contribution >= 4 is 40.7 Å². The highest BCUT2D eigenvalue weighted by Crippen LogP contribution is 2.46. The molecule has 1 aromatic carbocycles. The van der Waals surface area contributed by atoms with E-state index >= 15 is 0 Å². The van der Waals surface area contributed by atoms with Gasteiger partial charge in [-0.3, -0.25) is 4.79 Å². The van der Waals surface area contributed by atoms with Crippen LogP contribution in [0.2, 0.25) is 10.3 Å². The van der Waals surface area contributed by atoms with E-state index < -0.39 is 11.4 Å². The van der Waals surface area contributed by atoms with E-state index in [0.717, 1.165) is 11.3 Å². The Kier molecular flexibility index (Phi) is 3.70. The van der Waals surface area contributed by atoms with Crippen LogP contribution in [-0.4, -0.2) is 27.6 Å². The lowest BCUT2D eigenvalue weighted by Crippen LogP contribution is -2.31. The van der Waals surface area contributed by atoms with Crippen LogP contribution < -0.4 is 4.90 Å². The molecule has 7 heteroatoms. The molecule has 0 saturated heterocycles. The number of halogens is 2. The molecule has 0 fully saturated rings. The van der Waals surface area contributed by atoms with Gasteiger partial charge in [-0.1, -0.05) is 36.7 Å². The summed E-state index contributed by atoms with van der Waals surface area (Å²) in [4.78, 5) is 21.2. The molecule has 2 heterocycles. The minimum Gasteiger partial charge on any atom is -0.481 e. The molecule has 1 aliphatic heterocycles. The van der Waals surface area contributed by atoms with Crippen LogP contribution in [0.25, 0.3) is 0 Å². The second-order valence-corrected chi connectivity index (χ2v) is 6.29. The maximum Gasteiger partial charge on any atom is 0.304 e. The van der Waals surface area contributed by atoms with E-state index in [9.17, 15) is 9.90 Å². The third-order valence-corrected chi connectivity index (χ3v) is 4.29. The van der Waals surface area contributed by atoms with Crippen molar-refractivity contribution in [3.63, 3.8) is 0 Å². The summed E-state index contributed by atoms with van der Waals surface area (Å²) < 4.78 is 0. The summed E-state index contributed by atoms with van der Waals surface area (Å²) >= 11 is 12.1. The van der Waals surface area contributed by atoms with Crippen molar-refractivity contribution in [2.24, 2.45) is 0 Å². The van der Waals surface area contributed by atoms with Gasteiger partial charge in [-0.25, -0.2) is 4.98 Å². The number of rotatable bonds is 3.